The topological polar surface area (TPSA) is 228 Å². The van der Waals surface area contributed by atoms with Gasteiger partial charge in [0.15, 0.2) is 24.4 Å². The molecule has 20 heteroatoms. The minimum Gasteiger partial charge on any atom is -0.868 e. The maximum atomic E-state index is 13.4. The molecule has 24 aromatic rings. The van der Waals surface area contributed by atoms with E-state index in [4.69, 9.17) is 24.9 Å². The van der Waals surface area contributed by atoms with Gasteiger partial charge in [-0.05, 0) is 190 Å². The van der Waals surface area contributed by atoms with E-state index in [0.717, 1.165) is 167 Å². The van der Waals surface area contributed by atoms with E-state index in [-0.39, 0.29) is 98.4 Å². The summed E-state index contributed by atoms with van der Waals surface area (Å²) >= 11 is 0. The van der Waals surface area contributed by atoms with E-state index in [1.165, 1.54) is 0 Å². The van der Waals surface area contributed by atoms with E-state index in [0.29, 0.717) is 39.0 Å². The number of fused-ring (bicyclic) bond motifs is 7. The van der Waals surface area contributed by atoms with Crippen LogP contribution in [0.2, 0.25) is 0 Å². The van der Waals surface area contributed by atoms with Crippen molar-refractivity contribution in [1.29, 1.82) is 0 Å². The monoisotopic (exact) mass is 1720 g/mol. The number of H-pyrrole nitrogens is 4. The normalized spacial score (nSPS) is 10.8. The smallest absolute Gasteiger partial charge is 0.868 e. The zero-order valence-electron chi connectivity index (χ0n) is 74.4. The molecule has 0 atom stereocenters. The predicted octanol–water partition coefficient (Wildman–Crippen LogP) is 10.4. The van der Waals surface area contributed by atoms with Crippen LogP contribution >= 0.6 is 0 Å². The molecule has 24 rings (SSSR count). The molecule has 4 N–H and O–H groups in total. The van der Waals surface area contributed by atoms with Crippen LogP contribution < -0.4 is 116 Å². The van der Waals surface area contributed by atoms with Gasteiger partial charge in [-0.15, -0.1) is 0 Å². The number of imidazole rings is 3. The Kier molecular flexibility index (Phi) is 27.6. The van der Waals surface area contributed by atoms with Gasteiger partial charge in [-0.25, -0.2) is 44.9 Å². The van der Waals surface area contributed by atoms with Crippen LogP contribution in [0, 0.1) is 0 Å². The van der Waals surface area contributed by atoms with Crippen LogP contribution in [-0.2, 0) is 0 Å². The summed E-state index contributed by atoms with van der Waals surface area (Å²) in [4.78, 5) is 37.5. The molecule has 0 spiro atoms. The average Bonchev–Trinajstić information content (AvgIpc) is 1.59. The molecule has 0 aliphatic heterocycles. The molecular formula is C115H78Li4N12O4+4. The Morgan fingerprint density at radius 2 is 0.578 bits per heavy atom. The van der Waals surface area contributed by atoms with Crippen molar-refractivity contribution in [1.82, 2.24) is 38.6 Å². The van der Waals surface area contributed by atoms with Gasteiger partial charge in [0.2, 0.25) is 27.8 Å². The maximum absolute atomic E-state index is 13.4. The van der Waals surface area contributed by atoms with Gasteiger partial charge in [0.05, 0.1) is 55.4 Å². The summed E-state index contributed by atoms with van der Waals surface area (Å²) < 4.78 is 6.55. The van der Waals surface area contributed by atoms with Crippen molar-refractivity contribution >= 4 is 76.7 Å². The molecule has 0 unspecified atom stereocenters. The molecule has 0 aliphatic rings. The molecule has 0 saturated carbocycles. The minimum atomic E-state index is -0.0158. The van der Waals surface area contributed by atoms with E-state index in [2.05, 4.69) is 112 Å². The van der Waals surface area contributed by atoms with E-state index in [9.17, 15) is 20.4 Å². The molecule has 0 amide bonds. The number of rotatable bonds is 13. The Balaban J connectivity index is 0.000000124. The number of benzene rings is 16. The van der Waals surface area contributed by atoms with Gasteiger partial charge in [0, 0.05) is 90.9 Å². The first-order valence-corrected chi connectivity index (χ1v) is 43.1. The van der Waals surface area contributed by atoms with Gasteiger partial charge in [0.25, 0.3) is 0 Å². The van der Waals surface area contributed by atoms with Gasteiger partial charge < -0.3 is 20.4 Å². The molecule has 622 valence electrons. The number of pyridine rings is 4. The van der Waals surface area contributed by atoms with Gasteiger partial charge >= 0.3 is 75.4 Å². The molecule has 16 aromatic carbocycles. The summed E-state index contributed by atoms with van der Waals surface area (Å²) in [7, 11) is 0. The molecule has 8 aromatic heterocycles. The summed E-state index contributed by atoms with van der Waals surface area (Å²) in [6.07, 6.45) is 5.35. The Morgan fingerprint density at radius 1 is 0.222 bits per heavy atom. The number of nitrogens with zero attached hydrogens (tertiary/aromatic N) is 8. The summed E-state index contributed by atoms with van der Waals surface area (Å²) in [6.45, 7) is 0. The number of aromatic amines is 4. The van der Waals surface area contributed by atoms with Crippen LogP contribution in [0.3, 0.4) is 0 Å². The van der Waals surface area contributed by atoms with Gasteiger partial charge in [-0.2, -0.15) is 0 Å². The van der Waals surface area contributed by atoms with E-state index in [1.54, 1.807) is 36.8 Å². The third kappa shape index (κ3) is 18.3. The summed E-state index contributed by atoms with van der Waals surface area (Å²) in [6, 6.07) is 142. The van der Waals surface area contributed by atoms with E-state index >= 15 is 0 Å². The molecule has 16 nitrogen and oxygen atoms in total. The summed E-state index contributed by atoms with van der Waals surface area (Å²) in [5.74, 6) is 3.14. The maximum Gasteiger partial charge on any atom is 1.00 e. The second kappa shape index (κ2) is 40.9. The van der Waals surface area contributed by atoms with Crippen LogP contribution in [0.1, 0.15) is 0 Å². The SMILES string of the molecule is [Li+].[Li+].[Li+].[Li+].[O-]c1c(-c2cccc(-c3cc(-c4ccccc4)nc(-c4ccccc4)n3)c2)ccc2ccc[nH+]c12.[O-]c1c(-c2ccccc2-c2nc3ccccc3n2-c2ccccc2)ccc2ccc[nH+]c12.[O-]c1ccc(-c2ccccc2-c2nc3ccccc3n2-c2ccccc2)c2ccc[nH+]c12.[O-]c1cccc2ccc(-c3ccccc3-c3nc4ccccc4n3-c3ccccc3)[nH+]c12. The zero-order chi connectivity index (χ0) is 88.1. The molecule has 0 aliphatic carbocycles. The first-order chi connectivity index (χ1) is 64.7. The quantitative estimate of drug-likeness (QED) is 0.0999. The largest absolute Gasteiger partial charge is 1.00 e. The second-order valence-corrected chi connectivity index (χ2v) is 31.5. The van der Waals surface area contributed by atoms with Crippen molar-refractivity contribution in [3.63, 3.8) is 0 Å². The summed E-state index contributed by atoms with van der Waals surface area (Å²) in [5.41, 5.74) is 25.9. The average molecular weight is 1720 g/mol. The zero-order valence-corrected chi connectivity index (χ0v) is 74.4. The van der Waals surface area contributed by atoms with Crippen LogP contribution in [0.5, 0.6) is 23.0 Å². The Bertz CT molecular complexity index is 8300. The van der Waals surface area contributed by atoms with Crippen molar-refractivity contribution in [2.24, 2.45) is 0 Å². The summed E-state index contributed by atoms with van der Waals surface area (Å²) in [5, 5.41) is 55.0. The fraction of sp³-hybridized carbons (Fsp3) is 0. The number of nitrogens with one attached hydrogen (secondary N) is 4. The van der Waals surface area contributed by atoms with Crippen molar-refractivity contribution in [3.8, 4) is 153 Å². The van der Waals surface area contributed by atoms with E-state index in [1.807, 2.05) is 334 Å². The van der Waals surface area contributed by atoms with E-state index < -0.39 is 0 Å². The third-order valence-corrected chi connectivity index (χ3v) is 23.5. The third-order valence-electron chi connectivity index (χ3n) is 23.5. The number of aromatic nitrogens is 12. The fourth-order valence-electron chi connectivity index (χ4n) is 17.3. The minimum absolute atomic E-state index is 0. The van der Waals surface area contributed by atoms with Crippen molar-refractivity contribution in [2.45, 2.75) is 0 Å². The second-order valence-electron chi connectivity index (χ2n) is 31.5. The molecule has 0 radical (unpaired) electrons. The number of para-hydroxylation sites is 10. The molecule has 0 bridgehead atoms. The van der Waals surface area contributed by atoms with Crippen molar-refractivity contribution in [3.05, 3.63) is 449 Å². The molecule has 0 saturated heterocycles. The van der Waals surface area contributed by atoms with Crippen LogP contribution in [0.4, 0.5) is 0 Å². The van der Waals surface area contributed by atoms with Gasteiger partial charge in [-0.3, -0.25) is 13.7 Å². The Morgan fingerprint density at radius 3 is 1.10 bits per heavy atom. The Hall–Kier alpha value is -15.8. The first kappa shape index (κ1) is 91.1. The van der Waals surface area contributed by atoms with Crippen molar-refractivity contribution < 1.29 is 116 Å². The van der Waals surface area contributed by atoms with Gasteiger partial charge in [-0.1, -0.05) is 273 Å². The molecular weight excluding hydrogens is 1640 g/mol. The fourth-order valence-corrected chi connectivity index (χ4v) is 17.3. The standard InChI is InChI=1S/C31H21N3O.3C28H19N3O.4Li/c35-30-26(17-16-22-15-8-18-32-29(22)30)24-13-7-14-25(19-24)28-20-27(21-9-3-1-4-10-21)33-31(34-28)23-11-5-2-6-12-23;32-27-22(17-16-19-9-8-18-29-26(19)27)21-12-4-5-13-23(21)28-30-24-14-6-7-15-25(24)31(28)20-10-2-1-3-11-20;32-26-16-8-9-19-17-18-23(29-27(19)26)21-12-4-5-13-22(21)28-30-24-14-6-7-15-25(24)31(28)20-10-2-1-3-11-20;32-26-17-16-21(22-13-8-18-29-27(22)26)20-11-4-5-12-23(20)28-30-24-14-6-7-15-25(24)31(28)19-9-2-1-3-10-19;;;;/h1-20,35H;3*1-18,32H;;;;/q;;;;4*+1. The first-order valence-electron chi connectivity index (χ1n) is 43.1. The Labute approximate surface area is 826 Å². The number of hydrogen-bond donors (Lipinski definition) is 0. The van der Waals surface area contributed by atoms with Crippen molar-refractivity contribution in [2.75, 3.05) is 0 Å². The number of hydrogen-bond acceptors (Lipinski definition) is 9. The molecule has 135 heavy (non-hydrogen) atoms. The van der Waals surface area contributed by atoms with Crippen LogP contribution in [-0.4, -0.2) is 38.6 Å². The molecule has 0 fully saturated rings. The molecule has 8 heterocycles. The van der Waals surface area contributed by atoms with Crippen LogP contribution in [0.15, 0.2) is 449 Å². The van der Waals surface area contributed by atoms with Crippen LogP contribution in [0.25, 0.3) is 206 Å². The predicted molar refractivity (Wildman–Crippen MR) is 514 cm³/mol. The van der Waals surface area contributed by atoms with Gasteiger partial charge in [0.1, 0.15) is 17.5 Å².